The predicted molar refractivity (Wildman–Crippen MR) is 89.1 cm³/mol. The number of anilines is 2. The zero-order chi connectivity index (χ0) is 16.3. The highest BCUT2D eigenvalue weighted by Gasteiger charge is 2.25. The number of aromatic nitrogens is 1. The second-order valence-electron chi connectivity index (χ2n) is 5.36. The Labute approximate surface area is 133 Å². The second-order valence-corrected chi connectivity index (χ2v) is 5.79. The first-order valence-electron chi connectivity index (χ1n) is 6.93. The molecule has 0 aliphatic rings. The smallest absolute Gasteiger partial charge is 0.251 e. The Morgan fingerprint density at radius 2 is 1.91 bits per heavy atom. The van der Waals surface area contributed by atoms with Crippen molar-refractivity contribution in [3.05, 3.63) is 58.0 Å². The number of amides is 1. The number of nitrogens with one attached hydrogen (secondary N) is 1. The van der Waals surface area contributed by atoms with Gasteiger partial charge in [-0.1, -0.05) is 37.6 Å². The van der Waals surface area contributed by atoms with Crippen LogP contribution in [0.15, 0.2) is 47.4 Å². The van der Waals surface area contributed by atoms with Crippen molar-refractivity contribution < 1.29 is 4.79 Å². The van der Waals surface area contributed by atoms with Gasteiger partial charge in [-0.15, -0.1) is 0 Å². The summed E-state index contributed by atoms with van der Waals surface area (Å²) in [6, 6.07) is 9.16. The van der Waals surface area contributed by atoms with Crippen LogP contribution in [-0.4, -0.2) is 10.5 Å². The lowest BCUT2D eigenvalue weighted by molar-refractivity contribution is -0.120. The third-order valence-electron chi connectivity index (χ3n) is 3.32. The summed E-state index contributed by atoms with van der Waals surface area (Å²) in [4.78, 5) is 24.6. The lowest BCUT2D eigenvalue weighted by Crippen LogP contribution is -2.36. The molecule has 116 valence electrons. The van der Waals surface area contributed by atoms with Crippen molar-refractivity contribution in [3.63, 3.8) is 0 Å². The van der Waals surface area contributed by atoms with Crippen LogP contribution in [0.2, 0.25) is 5.02 Å². The van der Waals surface area contributed by atoms with Gasteiger partial charge in [0.25, 0.3) is 5.56 Å². The van der Waals surface area contributed by atoms with Crippen LogP contribution in [-0.2, 0) is 4.79 Å². The van der Waals surface area contributed by atoms with Crippen molar-refractivity contribution in [1.29, 1.82) is 0 Å². The summed E-state index contributed by atoms with van der Waals surface area (Å²) in [6.07, 6.45) is 1.47. The van der Waals surface area contributed by atoms with E-state index in [-0.39, 0.29) is 17.4 Å². The molecule has 0 aliphatic heterocycles. The normalized spacial score (nSPS) is 12.2. The minimum Gasteiger partial charge on any atom is -0.397 e. The highest BCUT2D eigenvalue weighted by molar-refractivity contribution is 6.30. The summed E-state index contributed by atoms with van der Waals surface area (Å²) in [5.74, 6) is -0.404. The fourth-order valence-corrected chi connectivity index (χ4v) is 2.43. The van der Waals surface area contributed by atoms with Crippen molar-refractivity contribution in [2.45, 2.75) is 19.9 Å². The third kappa shape index (κ3) is 3.49. The van der Waals surface area contributed by atoms with Gasteiger partial charge in [0.15, 0.2) is 0 Å². The molecule has 0 spiro atoms. The number of nitrogens with zero attached hydrogens (tertiary/aromatic N) is 1. The van der Waals surface area contributed by atoms with Crippen molar-refractivity contribution >= 4 is 28.9 Å². The summed E-state index contributed by atoms with van der Waals surface area (Å²) in [7, 11) is 0. The lowest BCUT2D eigenvalue weighted by Gasteiger charge is -2.23. The number of hydrogen-bond donors (Lipinski definition) is 2. The van der Waals surface area contributed by atoms with Crippen LogP contribution in [0.5, 0.6) is 0 Å². The molecule has 2 rings (SSSR count). The van der Waals surface area contributed by atoms with Gasteiger partial charge in [0.2, 0.25) is 5.91 Å². The molecule has 1 unspecified atom stereocenters. The maximum absolute atomic E-state index is 12.6. The number of carbonyl (C=O) groups excluding carboxylic acids is 1. The minimum absolute atomic E-state index is 0.0962. The number of carbonyl (C=O) groups is 1. The maximum Gasteiger partial charge on any atom is 0.251 e. The predicted octanol–water partition coefficient (Wildman–Crippen LogP) is 2.92. The number of nitrogen functional groups attached to an aromatic ring is 1. The topological polar surface area (TPSA) is 77.1 Å². The van der Waals surface area contributed by atoms with Gasteiger partial charge in [0.1, 0.15) is 6.04 Å². The summed E-state index contributed by atoms with van der Waals surface area (Å²) >= 11 is 5.94. The fourth-order valence-electron chi connectivity index (χ4n) is 2.26. The van der Waals surface area contributed by atoms with Gasteiger partial charge in [-0.2, -0.15) is 0 Å². The Morgan fingerprint density at radius 3 is 2.55 bits per heavy atom. The van der Waals surface area contributed by atoms with Crippen LogP contribution < -0.4 is 16.6 Å². The van der Waals surface area contributed by atoms with Crippen LogP contribution in [0.1, 0.15) is 19.9 Å². The van der Waals surface area contributed by atoms with Crippen LogP contribution in [0.25, 0.3) is 0 Å². The average Bonchev–Trinajstić information content (AvgIpc) is 2.45. The molecule has 3 N–H and O–H groups in total. The molecule has 5 nitrogen and oxygen atoms in total. The van der Waals surface area contributed by atoms with E-state index in [1.165, 1.54) is 22.9 Å². The number of rotatable bonds is 4. The van der Waals surface area contributed by atoms with Gasteiger partial charge in [0, 0.05) is 12.3 Å². The molecular formula is C16H18ClN3O2. The van der Waals surface area contributed by atoms with E-state index in [1.807, 2.05) is 13.8 Å². The largest absolute Gasteiger partial charge is 0.397 e. The van der Waals surface area contributed by atoms with E-state index < -0.39 is 6.04 Å². The van der Waals surface area contributed by atoms with Gasteiger partial charge in [-0.25, -0.2) is 0 Å². The molecule has 0 radical (unpaired) electrons. The molecule has 1 amide bonds. The molecule has 1 atom stereocenters. The van der Waals surface area contributed by atoms with Gasteiger partial charge in [0.05, 0.1) is 16.4 Å². The molecule has 0 fully saturated rings. The first kappa shape index (κ1) is 16.1. The van der Waals surface area contributed by atoms with Crippen molar-refractivity contribution in [1.82, 2.24) is 4.57 Å². The molecule has 2 aromatic rings. The van der Waals surface area contributed by atoms with E-state index in [1.54, 1.807) is 24.3 Å². The molecule has 0 saturated carbocycles. The molecule has 0 saturated heterocycles. The molecule has 22 heavy (non-hydrogen) atoms. The summed E-state index contributed by atoms with van der Waals surface area (Å²) in [5, 5.41) is 3.17. The molecule has 0 bridgehead atoms. The SMILES string of the molecule is CC(C)C(C(=O)Nc1ccccc1N)n1cc(Cl)ccc1=O. The Balaban J connectivity index is 2.36. The van der Waals surface area contributed by atoms with E-state index in [4.69, 9.17) is 17.3 Å². The van der Waals surface area contributed by atoms with Crippen molar-refractivity contribution in [2.24, 2.45) is 5.92 Å². The Hall–Kier alpha value is -2.27. The molecule has 1 heterocycles. The highest BCUT2D eigenvalue weighted by Crippen LogP contribution is 2.23. The monoisotopic (exact) mass is 319 g/mol. The van der Waals surface area contributed by atoms with Gasteiger partial charge in [-0.05, 0) is 24.1 Å². The summed E-state index contributed by atoms with van der Waals surface area (Å²) in [5.41, 5.74) is 6.55. The van der Waals surface area contributed by atoms with Crippen LogP contribution in [0, 0.1) is 5.92 Å². The quantitative estimate of drug-likeness (QED) is 0.851. The third-order valence-corrected chi connectivity index (χ3v) is 3.54. The fraction of sp³-hybridized carbons (Fsp3) is 0.250. The zero-order valence-electron chi connectivity index (χ0n) is 12.4. The standard InChI is InChI=1S/C16H18ClN3O2/c1-10(2)15(20-9-11(17)7-8-14(20)21)16(22)19-13-6-4-3-5-12(13)18/h3-10,15H,18H2,1-2H3,(H,19,22). The van der Waals surface area contributed by atoms with Crippen LogP contribution in [0.3, 0.4) is 0 Å². The van der Waals surface area contributed by atoms with Gasteiger partial charge < -0.3 is 15.6 Å². The number of benzene rings is 1. The summed E-state index contributed by atoms with van der Waals surface area (Å²) < 4.78 is 1.35. The first-order chi connectivity index (χ1) is 10.4. The van der Waals surface area contributed by atoms with Crippen molar-refractivity contribution in [3.8, 4) is 0 Å². The molecular weight excluding hydrogens is 302 g/mol. The Morgan fingerprint density at radius 1 is 1.23 bits per heavy atom. The van der Waals surface area contributed by atoms with Crippen LogP contribution in [0.4, 0.5) is 11.4 Å². The second kappa shape index (κ2) is 6.66. The number of halogens is 1. The molecule has 1 aromatic carbocycles. The van der Waals surface area contributed by atoms with E-state index in [0.717, 1.165) is 0 Å². The van der Waals surface area contributed by atoms with Crippen molar-refractivity contribution in [2.75, 3.05) is 11.1 Å². The first-order valence-corrected chi connectivity index (χ1v) is 7.31. The van der Waals surface area contributed by atoms with Crippen LogP contribution >= 0.6 is 11.6 Å². The average molecular weight is 320 g/mol. The number of hydrogen-bond acceptors (Lipinski definition) is 3. The van der Waals surface area contributed by atoms with E-state index in [2.05, 4.69) is 5.32 Å². The number of pyridine rings is 1. The van der Waals surface area contributed by atoms with E-state index >= 15 is 0 Å². The molecule has 0 aliphatic carbocycles. The van der Waals surface area contributed by atoms with E-state index in [0.29, 0.717) is 16.4 Å². The minimum atomic E-state index is -0.675. The number of nitrogens with two attached hydrogens (primary N) is 1. The highest BCUT2D eigenvalue weighted by atomic mass is 35.5. The van der Waals surface area contributed by atoms with E-state index in [9.17, 15) is 9.59 Å². The van der Waals surface area contributed by atoms with Gasteiger partial charge >= 0.3 is 0 Å². The Bertz CT molecular complexity index is 740. The summed E-state index contributed by atoms with van der Waals surface area (Å²) in [6.45, 7) is 3.73. The number of para-hydroxylation sites is 2. The molecule has 6 heteroatoms. The zero-order valence-corrected chi connectivity index (χ0v) is 13.2. The van der Waals surface area contributed by atoms with Gasteiger partial charge in [-0.3, -0.25) is 9.59 Å². The lowest BCUT2D eigenvalue weighted by atomic mass is 10.0. The Kier molecular flexibility index (Phi) is 4.88. The maximum atomic E-state index is 12.6. The molecule has 1 aromatic heterocycles.